The summed E-state index contributed by atoms with van der Waals surface area (Å²) in [7, 11) is 1.55. The normalized spacial score (nSPS) is 10.5. The van der Waals surface area contributed by atoms with E-state index in [0.717, 1.165) is 0 Å². The third-order valence-corrected chi connectivity index (χ3v) is 3.19. The molecule has 1 N–H and O–H groups in total. The minimum atomic E-state index is -0.263. The lowest BCUT2D eigenvalue weighted by Crippen LogP contribution is -2.12. The highest BCUT2D eigenvalue weighted by atomic mass is 32.1. The second-order valence-corrected chi connectivity index (χ2v) is 5.60. The summed E-state index contributed by atoms with van der Waals surface area (Å²) in [4.78, 5) is 12.1. The molecule has 2 aromatic rings. The van der Waals surface area contributed by atoms with E-state index in [1.807, 2.05) is 0 Å². The molecule has 7 heteroatoms. The predicted molar refractivity (Wildman–Crippen MR) is 81.2 cm³/mol. The average Bonchev–Trinajstić information content (AvgIpc) is 2.97. The van der Waals surface area contributed by atoms with E-state index in [9.17, 15) is 4.79 Å². The Hall–Kier alpha value is -2.15. The molecule has 2 rings (SSSR count). The summed E-state index contributed by atoms with van der Waals surface area (Å²) >= 11 is 1.26. The quantitative estimate of drug-likeness (QED) is 0.888. The van der Waals surface area contributed by atoms with Gasteiger partial charge in [-0.15, -0.1) is 10.2 Å². The Balaban J connectivity index is 2.12. The fraction of sp³-hybridized carbons (Fsp3) is 0.357. The monoisotopic (exact) mass is 307 g/mol. The van der Waals surface area contributed by atoms with Crippen molar-refractivity contribution < 1.29 is 14.3 Å². The van der Waals surface area contributed by atoms with E-state index in [1.165, 1.54) is 11.3 Å². The molecule has 1 aromatic carbocycles. The molecule has 112 valence electrons. The van der Waals surface area contributed by atoms with Gasteiger partial charge in [0, 0.05) is 5.56 Å². The molecule has 1 aromatic heterocycles. The van der Waals surface area contributed by atoms with Gasteiger partial charge < -0.3 is 9.47 Å². The van der Waals surface area contributed by atoms with E-state index in [1.54, 1.807) is 30.8 Å². The van der Waals surface area contributed by atoms with Gasteiger partial charge in [-0.25, -0.2) is 0 Å². The third kappa shape index (κ3) is 4.16. The number of carbonyl (C=O) groups is 1. The van der Waals surface area contributed by atoms with Gasteiger partial charge in [0.05, 0.1) is 13.7 Å². The van der Waals surface area contributed by atoms with Crippen LogP contribution in [0.25, 0.3) is 0 Å². The molecule has 0 unspecified atom stereocenters. The Morgan fingerprint density at radius 2 is 2.19 bits per heavy atom. The van der Waals surface area contributed by atoms with Crippen molar-refractivity contribution in [3.05, 3.63) is 29.3 Å². The molecular weight excluding hydrogens is 290 g/mol. The first-order valence-electron chi connectivity index (χ1n) is 6.48. The number of nitrogens with one attached hydrogen (secondary N) is 1. The van der Waals surface area contributed by atoms with Gasteiger partial charge in [-0.3, -0.25) is 10.1 Å². The first kappa shape index (κ1) is 15.2. The minimum absolute atomic E-state index is 0.263. The van der Waals surface area contributed by atoms with Gasteiger partial charge >= 0.3 is 0 Å². The van der Waals surface area contributed by atoms with E-state index < -0.39 is 0 Å². The first-order chi connectivity index (χ1) is 10.1. The second kappa shape index (κ2) is 7.03. The Morgan fingerprint density at radius 3 is 2.81 bits per heavy atom. The summed E-state index contributed by atoms with van der Waals surface area (Å²) in [5.74, 6) is 1.30. The van der Waals surface area contributed by atoms with Gasteiger partial charge in [0.25, 0.3) is 5.91 Å². The van der Waals surface area contributed by atoms with Crippen LogP contribution in [-0.2, 0) is 0 Å². The van der Waals surface area contributed by atoms with Crippen LogP contribution in [0.15, 0.2) is 23.7 Å². The largest absolute Gasteiger partial charge is 0.493 e. The molecule has 0 saturated carbocycles. The molecule has 0 aliphatic rings. The van der Waals surface area contributed by atoms with Crippen LogP contribution < -0.4 is 14.8 Å². The summed E-state index contributed by atoms with van der Waals surface area (Å²) < 4.78 is 10.9. The number of rotatable bonds is 6. The van der Waals surface area contributed by atoms with Crippen molar-refractivity contribution in [2.24, 2.45) is 5.92 Å². The summed E-state index contributed by atoms with van der Waals surface area (Å²) in [6.07, 6.45) is 0. The highest BCUT2D eigenvalue weighted by Crippen LogP contribution is 2.28. The number of anilines is 1. The number of aromatic nitrogens is 2. The first-order valence-corrected chi connectivity index (χ1v) is 7.36. The molecule has 0 fully saturated rings. The smallest absolute Gasteiger partial charge is 0.257 e. The fourth-order valence-corrected chi connectivity index (χ4v) is 2.02. The molecule has 0 radical (unpaired) electrons. The van der Waals surface area contributed by atoms with Gasteiger partial charge in [0.1, 0.15) is 5.51 Å². The zero-order valence-corrected chi connectivity index (χ0v) is 12.9. The standard InChI is InChI=1S/C14H17N3O3S/c1-9(2)7-20-11-5-4-10(6-12(11)19-3)13(18)16-14-17-15-8-21-14/h4-6,8-9H,7H2,1-3H3,(H,16,17,18). The zero-order valence-electron chi connectivity index (χ0n) is 12.1. The van der Waals surface area contributed by atoms with Crippen molar-refractivity contribution in [1.29, 1.82) is 0 Å². The van der Waals surface area contributed by atoms with E-state index in [4.69, 9.17) is 9.47 Å². The van der Waals surface area contributed by atoms with E-state index in [2.05, 4.69) is 29.4 Å². The lowest BCUT2D eigenvalue weighted by molar-refractivity contribution is 0.102. The van der Waals surface area contributed by atoms with Gasteiger partial charge in [-0.1, -0.05) is 25.2 Å². The Labute approximate surface area is 127 Å². The topological polar surface area (TPSA) is 73.3 Å². The second-order valence-electron chi connectivity index (χ2n) is 4.77. The summed E-state index contributed by atoms with van der Waals surface area (Å²) in [5.41, 5.74) is 2.03. The van der Waals surface area contributed by atoms with Crippen molar-refractivity contribution in [3.8, 4) is 11.5 Å². The number of carbonyl (C=O) groups excluding carboxylic acids is 1. The average molecular weight is 307 g/mol. The van der Waals surface area contributed by atoms with Crippen LogP contribution in [-0.4, -0.2) is 29.8 Å². The molecule has 0 aliphatic carbocycles. The number of nitrogens with zero attached hydrogens (tertiary/aromatic N) is 2. The summed E-state index contributed by atoms with van der Waals surface area (Å²) in [5, 5.41) is 10.6. The van der Waals surface area contributed by atoms with Crippen LogP contribution in [0.1, 0.15) is 24.2 Å². The summed E-state index contributed by atoms with van der Waals surface area (Å²) in [6, 6.07) is 5.07. The maximum atomic E-state index is 12.1. The van der Waals surface area contributed by atoms with Crippen LogP contribution in [0, 0.1) is 5.92 Å². The lowest BCUT2D eigenvalue weighted by Gasteiger charge is -2.13. The number of ether oxygens (including phenoxy) is 2. The zero-order chi connectivity index (χ0) is 15.2. The van der Waals surface area contributed by atoms with Crippen molar-refractivity contribution >= 4 is 22.4 Å². The molecule has 1 amide bonds. The highest BCUT2D eigenvalue weighted by Gasteiger charge is 2.13. The van der Waals surface area contributed by atoms with Crippen LogP contribution in [0.2, 0.25) is 0 Å². The van der Waals surface area contributed by atoms with Gasteiger partial charge in [0.15, 0.2) is 11.5 Å². The van der Waals surface area contributed by atoms with E-state index in [0.29, 0.717) is 34.7 Å². The molecule has 1 heterocycles. The van der Waals surface area contributed by atoms with E-state index in [-0.39, 0.29) is 5.91 Å². The third-order valence-electron chi connectivity index (χ3n) is 2.58. The maximum Gasteiger partial charge on any atom is 0.257 e. The SMILES string of the molecule is COc1cc(C(=O)Nc2nncs2)ccc1OCC(C)C. The molecule has 0 atom stereocenters. The van der Waals surface area contributed by atoms with Crippen LogP contribution >= 0.6 is 11.3 Å². The molecule has 0 saturated heterocycles. The van der Waals surface area contributed by atoms with Crippen LogP contribution in [0.5, 0.6) is 11.5 Å². The van der Waals surface area contributed by atoms with Crippen molar-refractivity contribution in [3.63, 3.8) is 0 Å². The van der Waals surface area contributed by atoms with E-state index >= 15 is 0 Å². The fourth-order valence-electron chi connectivity index (χ4n) is 1.58. The maximum absolute atomic E-state index is 12.1. The van der Waals surface area contributed by atoms with Crippen LogP contribution in [0.3, 0.4) is 0 Å². The molecular formula is C14H17N3O3S. The number of hydrogen-bond acceptors (Lipinski definition) is 6. The minimum Gasteiger partial charge on any atom is -0.493 e. The van der Waals surface area contributed by atoms with Crippen molar-refractivity contribution in [2.45, 2.75) is 13.8 Å². The van der Waals surface area contributed by atoms with Gasteiger partial charge in [-0.05, 0) is 24.1 Å². The van der Waals surface area contributed by atoms with Crippen molar-refractivity contribution in [1.82, 2.24) is 10.2 Å². The molecule has 0 spiro atoms. The van der Waals surface area contributed by atoms with Gasteiger partial charge in [-0.2, -0.15) is 0 Å². The number of hydrogen-bond donors (Lipinski definition) is 1. The molecule has 0 aliphatic heterocycles. The Kier molecular flexibility index (Phi) is 5.10. The molecule has 0 bridgehead atoms. The van der Waals surface area contributed by atoms with Crippen LogP contribution in [0.4, 0.5) is 5.13 Å². The Morgan fingerprint density at radius 1 is 1.38 bits per heavy atom. The number of benzene rings is 1. The predicted octanol–water partition coefficient (Wildman–Crippen LogP) is 2.83. The molecule has 6 nitrogen and oxygen atoms in total. The number of amides is 1. The molecule has 21 heavy (non-hydrogen) atoms. The number of methoxy groups -OCH3 is 1. The van der Waals surface area contributed by atoms with Gasteiger partial charge in [0.2, 0.25) is 5.13 Å². The van der Waals surface area contributed by atoms with Crippen molar-refractivity contribution in [2.75, 3.05) is 19.0 Å². The summed E-state index contributed by atoms with van der Waals surface area (Å²) in [6.45, 7) is 4.72. The Bertz CT molecular complexity index is 600. The highest BCUT2D eigenvalue weighted by molar-refractivity contribution is 7.13. The lowest BCUT2D eigenvalue weighted by atomic mass is 10.2.